The molecule has 0 aromatic heterocycles. The highest BCUT2D eigenvalue weighted by Gasteiger charge is 2.35. The van der Waals surface area contributed by atoms with Crippen molar-refractivity contribution in [3.8, 4) is 11.8 Å². The first kappa shape index (κ1) is 14.8. The molecule has 1 aromatic rings. The molecule has 0 amide bonds. The van der Waals surface area contributed by atoms with Crippen molar-refractivity contribution in [3.63, 3.8) is 0 Å². The molecule has 2 rings (SSSR count). The van der Waals surface area contributed by atoms with Crippen LogP contribution in [0, 0.1) is 17.2 Å². The molecule has 20 heavy (non-hydrogen) atoms. The third kappa shape index (κ3) is 2.65. The summed E-state index contributed by atoms with van der Waals surface area (Å²) in [5.41, 5.74) is 7.70. The zero-order valence-corrected chi connectivity index (χ0v) is 12.5. The van der Waals surface area contributed by atoms with Crippen LogP contribution in [0.3, 0.4) is 0 Å². The topological polar surface area (TPSA) is 62.3 Å². The molecule has 108 valence electrons. The number of hydrogen-bond donors (Lipinski definition) is 1. The van der Waals surface area contributed by atoms with Gasteiger partial charge in [0.05, 0.1) is 12.7 Å². The van der Waals surface area contributed by atoms with E-state index in [1.807, 2.05) is 12.1 Å². The van der Waals surface area contributed by atoms with E-state index in [0.29, 0.717) is 35.9 Å². The van der Waals surface area contributed by atoms with Crippen LogP contribution in [0.4, 0.5) is 0 Å². The Hall–Kier alpha value is -1.57. The zero-order chi connectivity index (χ0) is 14.7. The Bertz CT molecular complexity index is 507. The number of benzene rings is 1. The molecule has 0 radical (unpaired) electrons. The van der Waals surface area contributed by atoms with Gasteiger partial charge in [0.25, 0.3) is 0 Å². The second-order valence-electron chi connectivity index (χ2n) is 5.63. The van der Waals surface area contributed by atoms with Crippen LogP contribution in [0.1, 0.15) is 37.4 Å². The molecule has 1 aromatic carbocycles. The molecule has 0 bridgehead atoms. The Morgan fingerprint density at radius 2 is 2.25 bits per heavy atom. The van der Waals surface area contributed by atoms with E-state index in [-0.39, 0.29) is 0 Å². The molecule has 1 saturated heterocycles. The van der Waals surface area contributed by atoms with Crippen molar-refractivity contribution in [1.29, 1.82) is 5.26 Å². The Balaban J connectivity index is 2.39. The number of nitrogens with zero attached hydrogens (tertiary/aromatic N) is 2. The van der Waals surface area contributed by atoms with Crippen LogP contribution in [-0.4, -0.2) is 31.1 Å². The number of nitriles is 1. The molecule has 4 heteroatoms. The quantitative estimate of drug-likeness (QED) is 0.914. The summed E-state index contributed by atoms with van der Waals surface area (Å²) in [5.74, 6) is 1.09. The number of hydrogen-bond acceptors (Lipinski definition) is 4. The van der Waals surface area contributed by atoms with Gasteiger partial charge in [-0.1, -0.05) is 6.07 Å². The Kier molecular flexibility index (Phi) is 4.64. The molecule has 0 spiro atoms. The second kappa shape index (κ2) is 6.25. The molecule has 2 unspecified atom stereocenters. The maximum atomic E-state index is 9.25. The fourth-order valence-electron chi connectivity index (χ4n) is 3.17. The van der Waals surface area contributed by atoms with E-state index in [1.165, 1.54) is 5.56 Å². The van der Waals surface area contributed by atoms with Crippen molar-refractivity contribution in [3.05, 3.63) is 29.3 Å². The average molecular weight is 273 g/mol. The maximum Gasteiger partial charge on any atom is 0.136 e. The molecule has 2 N–H and O–H groups in total. The van der Waals surface area contributed by atoms with Crippen molar-refractivity contribution >= 4 is 0 Å². The first-order chi connectivity index (χ1) is 9.62. The third-order valence-corrected chi connectivity index (χ3v) is 4.21. The largest absolute Gasteiger partial charge is 0.495 e. The minimum Gasteiger partial charge on any atom is -0.495 e. The lowest BCUT2D eigenvalue weighted by Gasteiger charge is -2.31. The van der Waals surface area contributed by atoms with Crippen LogP contribution in [0.5, 0.6) is 5.75 Å². The van der Waals surface area contributed by atoms with Crippen LogP contribution in [0.25, 0.3) is 0 Å². The van der Waals surface area contributed by atoms with Crippen LogP contribution >= 0.6 is 0 Å². The predicted octanol–water partition coefficient (Wildman–Crippen LogP) is 2.30. The highest BCUT2D eigenvalue weighted by molar-refractivity contribution is 5.46. The van der Waals surface area contributed by atoms with Gasteiger partial charge in [0.2, 0.25) is 0 Å². The first-order valence-corrected chi connectivity index (χ1v) is 7.16. The maximum absolute atomic E-state index is 9.25. The normalized spacial score (nSPS) is 23.0. The fourth-order valence-corrected chi connectivity index (χ4v) is 3.17. The fraction of sp³-hybridized carbons (Fsp3) is 0.562. The van der Waals surface area contributed by atoms with Gasteiger partial charge in [-0.3, -0.25) is 4.90 Å². The van der Waals surface area contributed by atoms with Gasteiger partial charge in [-0.2, -0.15) is 5.26 Å². The Morgan fingerprint density at radius 3 is 2.80 bits per heavy atom. The highest BCUT2D eigenvalue weighted by atomic mass is 16.5. The van der Waals surface area contributed by atoms with Gasteiger partial charge in [0.1, 0.15) is 11.8 Å². The number of methoxy groups -OCH3 is 1. The molecule has 1 aliphatic rings. The molecule has 0 saturated carbocycles. The van der Waals surface area contributed by atoms with E-state index in [4.69, 9.17) is 10.5 Å². The first-order valence-electron chi connectivity index (χ1n) is 7.16. The van der Waals surface area contributed by atoms with E-state index >= 15 is 0 Å². The third-order valence-electron chi connectivity index (χ3n) is 4.21. The van der Waals surface area contributed by atoms with Crippen molar-refractivity contribution in [2.45, 2.75) is 32.4 Å². The zero-order valence-electron chi connectivity index (χ0n) is 12.5. The molecule has 2 atom stereocenters. The molecule has 1 aliphatic heterocycles. The van der Waals surface area contributed by atoms with Crippen LogP contribution < -0.4 is 10.5 Å². The second-order valence-corrected chi connectivity index (χ2v) is 5.63. The summed E-state index contributed by atoms with van der Waals surface area (Å²) in [4.78, 5) is 2.47. The van der Waals surface area contributed by atoms with Crippen molar-refractivity contribution in [1.82, 2.24) is 4.90 Å². The Labute approximate surface area is 121 Å². The Morgan fingerprint density at radius 1 is 1.50 bits per heavy atom. The van der Waals surface area contributed by atoms with Gasteiger partial charge < -0.3 is 10.5 Å². The molecular weight excluding hydrogens is 250 g/mol. The van der Waals surface area contributed by atoms with E-state index in [1.54, 1.807) is 7.11 Å². The molecular formula is C16H23N3O. The standard InChI is InChI=1S/C16H23N3O/c1-11(2)19-7-6-13(9-17)16(19)12-4-5-15(20-3)14(8-12)10-18/h4-5,8,11,13,16H,6-7,9,17H2,1-3H3. The number of ether oxygens (including phenoxy) is 1. The lowest BCUT2D eigenvalue weighted by molar-refractivity contribution is 0.184. The minimum atomic E-state index is 0.304. The van der Waals surface area contributed by atoms with Gasteiger partial charge in [0, 0.05) is 12.1 Å². The van der Waals surface area contributed by atoms with Gasteiger partial charge in [-0.05, 0) is 57.0 Å². The SMILES string of the molecule is COc1ccc(C2C(CN)CCN2C(C)C)cc1C#N. The van der Waals surface area contributed by atoms with Gasteiger partial charge in [-0.15, -0.1) is 0 Å². The minimum absolute atomic E-state index is 0.304. The van der Waals surface area contributed by atoms with E-state index < -0.39 is 0 Å². The molecule has 1 heterocycles. The van der Waals surface area contributed by atoms with Crippen molar-refractivity contribution in [2.75, 3.05) is 20.2 Å². The summed E-state index contributed by atoms with van der Waals surface area (Å²) in [6, 6.07) is 8.89. The van der Waals surface area contributed by atoms with Crippen LogP contribution in [0.15, 0.2) is 18.2 Å². The summed E-state index contributed by atoms with van der Waals surface area (Å²) < 4.78 is 5.22. The molecule has 1 fully saturated rings. The summed E-state index contributed by atoms with van der Waals surface area (Å²) in [6.07, 6.45) is 1.12. The number of nitrogens with two attached hydrogens (primary N) is 1. The number of likely N-dealkylation sites (tertiary alicyclic amines) is 1. The lowest BCUT2D eigenvalue weighted by Crippen LogP contribution is -2.33. The van der Waals surface area contributed by atoms with Crippen LogP contribution in [-0.2, 0) is 0 Å². The van der Waals surface area contributed by atoms with E-state index in [2.05, 4.69) is 30.9 Å². The monoisotopic (exact) mass is 273 g/mol. The van der Waals surface area contributed by atoms with Crippen LogP contribution in [0.2, 0.25) is 0 Å². The average Bonchev–Trinajstić information content (AvgIpc) is 2.90. The summed E-state index contributed by atoms with van der Waals surface area (Å²) >= 11 is 0. The molecule has 4 nitrogen and oxygen atoms in total. The summed E-state index contributed by atoms with van der Waals surface area (Å²) in [7, 11) is 1.59. The van der Waals surface area contributed by atoms with Gasteiger partial charge in [-0.25, -0.2) is 0 Å². The van der Waals surface area contributed by atoms with E-state index in [9.17, 15) is 5.26 Å². The highest BCUT2D eigenvalue weighted by Crippen LogP contribution is 2.39. The summed E-state index contributed by atoms with van der Waals surface area (Å²) in [5, 5.41) is 9.25. The predicted molar refractivity (Wildman–Crippen MR) is 79.5 cm³/mol. The van der Waals surface area contributed by atoms with Gasteiger partial charge in [0.15, 0.2) is 0 Å². The van der Waals surface area contributed by atoms with Gasteiger partial charge >= 0.3 is 0 Å². The number of rotatable bonds is 4. The lowest BCUT2D eigenvalue weighted by atomic mass is 9.92. The van der Waals surface area contributed by atoms with Crippen molar-refractivity contribution < 1.29 is 4.74 Å². The summed E-state index contributed by atoms with van der Waals surface area (Å²) in [6.45, 7) is 6.17. The van der Waals surface area contributed by atoms with E-state index in [0.717, 1.165) is 13.0 Å². The smallest absolute Gasteiger partial charge is 0.136 e. The van der Waals surface area contributed by atoms with Crippen molar-refractivity contribution in [2.24, 2.45) is 11.7 Å². The molecule has 0 aliphatic carbocycles.